The van der Waals surface area contributed by atoms with Gasteiger partial charge >= 0.3 is 0 Å². The van der Waals surface area contributed by atoms with Crippen molar-refractivity contribution in [3.63, 3.8) is 0 Å². The van der Waals surface area contributed by atoms with Crippen molar-refractivity contribution in [2.24, 2.45) is 0 Å². The molecule has 1 fully saturated rings. The number of para-hydroxylation sites is 2. The number of rotatable bonds is 8. The van der Waals surface area contributed by atoms with Gasteiger partial charge in [0.05, 0.1) is 17.2 Å². The van der Waals surface area contributed by atoms with Gasteiger partial charge in [-0.15, -0.1) is 0 Å². The Morgan fingerprint density at radius 2 is 1.64 bits per heavy atom. The number of nitrogens with zero attached hydrogens (tertiary/aromatic N) is 1. The maximum absolute atomic E-state index is 12.9. The predicted octanol–water partition coefficient (Wildman–Crippen LogP) is 4.91. The van der Waals surface area contributed by atoms with Crippen molar-refractivity contribution < 1.29 is 22.7 Å². The van der Waals surface area contributed by atoms with Crippen LogP contribution in [0.4, 0.5) is 5.69 Å². The highest BCUT2D eigenvalue weighted by atomic mass is 32.2. The molecule has 0 aliphatic carbocycles. The number of hydrogen-bond donors (Lipinski definition) is 1. The zero-order valence-electron chi connectivity index (χ0n) is 18.4. The molecular formula is C25H26N2O5S. The average Bonchev–Trinajstić information content (AvgIpc) is 3.38. The van der Waals surface area contributed by atoms with E-state index in [1.807, 2.05) is 25.1 Å². The molecule has 0 saturated carbocycles. The van der Waals surface area contributed by atoms with Crippen molar-refractivity contribution >= 4 is 21.6 Å². The molecule has 0 unspecified atom stereocenters. The van der Waals surface area contributed by atoms with E-state index in [0.717, 1.165) is 18.6 Å². The fraction of sp³-hybridized carbons (Fsp3) is 0.240. The summed E-state index contributed by atoms with van der Waals surface area (Å²) >= 11 is 0. The molecule has 1 saturated heterocycles. The highest BCUT2D eigenvalue weighted by molar-refractivity contribution is 7.89. The monoisotopic (exact) mass is 466 g/mol. The Bertz CT molecular complexity index is 1220. The fourth-order valence-corrected chi connectivity index (χ4v) is 5.19. The molecule has 0 atom stereocenters. The van der Waals surface area contributed by atoms with Crippen molar-refractivity contribution in [3.05, 3.63) is 78.4 Å². The first kappa shape index (κ1) is 22.8. The predicted molar refractivity (Wildman–Crippen MR) is 127 cm³/mol. The van der Waals surface area contributed by atoms with Gasteiger partial charge in [-0.1, -0.05) is 18.2 Å². The van der Waals surface area contributed by atoms with Crippen molar-refractivity contribution in [2.45, 2.75) is 24.7 Å². The molecule has 0 aromatic heterocycles. The maximum atomic E-state index is 12.9. The van der Waals surface area contributed by atoms with Crippen LogP contribution in [0.5, 0.6) is 17.2 Å². The molecule has 1 heterocycles. The topological polar surface area (TPSA) is 84.9 Å². The first-order valence-corrected chi connectivity index (χ1v) is 12.3. The molecule has 7 nitrogen and oxygen atoms in total. The minimum Gasteiger partial charge on any atom is -0.494 e. The lowest BCUT2D eigenvalue weighted by molar-refractivity contribution is 0.102. The number of benzene rings is 3. The molecule has 8 heteroatoms. The van der Waals surface area contributed by atoms with Gasteiger partial charge in [0.25, 0.3) is 5.91 Å². The number of carbonyl (C=O) groups is 1. The number of carbonyl (C=O) groups excluding carboxylic acids is 1. The third-order valence-corrected chi connectivity index (χ3v) is 7.19. The van der Waals surface area contributed by atoms with Crippen LogP contribution >= 0.6 is 0 Å². The van der Waals surface area contributed by atoms with E-state index in [-0.39, 0.29) is 10.5 Å². The molecule has 172 valence electrons. The Labute approximate surface area is 194 Å². The van der Waals surface area contributed by atoms with Crippen LogP contribution in [0, 0.1) is 0 Å². The van der Waals surface area contributed by atoms with E-state index < -0.39 is 15.9 Å². The lowest BCUT2D eigenvalue weighted by atomic mass is 10.2. The summed E-state index contributed by atoms with van der Waals surface area (Å²) in [7, 11) is -3.61. The smallest absolute Gasteiger partial charge is 0.255 e. The normalized spacial score (nSPS) is 14.1. The second kappa shape index (κ2) is 10.1. The van der Waals surface area contributed by atoms with E-state index in [2.05, 4.69) is 5.32 Å². The number of anilines is 1. The third kappa shape index (κ3) is 5.35. The summed E-state index contributed by atoms with van der Waals surface area (Å²) in [6, 6.07) is 20.4. The van der Waals surface area contributed by atoms with Gasteiger partial charge in [-0.3, -0.25) is 4.79 Å². The number of nitrogens with one attached hydrogen (secondary N) is 1. The van der Waals surface area contributed by atoms with E-state index in [1.165, 1.54) is 16.4 Å². The summed E-state index contributed by atoms with van der Waals surface area (Å²) in [5.41, 5.74) is 0.732. The number of ether oxygens (including phenoxy) is 2. The molecule has 4 rings (SSSR count). The molecule has 0 radical (unpaired) electrons. The van der Waals surface area contributed by atoms with Crippen LogP contribution < -0.4 is 14.8 Å². The van der Waals surface area contributed by atoms with E-state index in [4.69, 9.17) is 9.47 Å². The standard InChI is InChI=1S/C25H26N2O5S/c1-2-31-20-12-14-21(15-13-20)32-24-11-4-3-10-23(24)26-25(28)19-8-7-9-22(18-19)33(29,30)27-16-5-6-17-27/h3-4,7-15,18H,2,5-6,16-17H2,1H3,(H,26,28). The Balaban J connectivity index is 1.51. The van der Waals surface area contributed by atoms with E-state index in [1.54, 1.807) is 42.5 Å². The second-order valence-corrected chi connectivity index (χ2v) is 9.53. The molecular weight excluding hydrogens is 440 g/mol. The summed E-state index contributed by atoms with van der Waals surface area (Å²) in [6.07, 6.45) is 1.70. The minimum atomic E-state index is -3.61. The molecule has 1 amide bonds. The molecule has 1 N–H and O–H groups in total. The molecule has 1 aliphatic rings. The zero-order chi connectivity index (χ0) is 23.3. The quantitative estimate of drug-likeness (QED) is 0.510. The van der Waals surface area contributed by atoms with Crippen LogP contribution in [0.3, 0.4) is 0 Å². The van der Waals surface area contributed by atoms with Gasteiger partial charge in [0.1, 0.15) is 11.5 Å². The van der Waals surface area contributed by atoms with Crippen molar-refractivity contribution in [1.29, 1.82) is 0 Å². The second-order valence-electron chi connectivity index (χ2n) is 7.60. The highest BCUT2D eigenvalue weighted by Gasteiger charge is 2.27. The van der Waals surface area contributed by atoms with Gasteiger partial charge in [-0.25, -0.2) is 8.42 Å². The summed E-state index contributed by atoms with van der Waals surface area (Å²) in [5.74, 6) is 1.39. The van der Waals surface area contributed by atoms with Gasteiger partial charge in [0.15, 0.2) is 5.75 Å². The number of amides is 1. The lowest BCUT2D eigenvalue weighted by Crippen LogP contribution is -2.28. The van der Waals surface area contributed by atoms with Crippen LogP contribution in [0.1, 0.15) is 30.1 Å². The average molecular weight is 467 g/mol. The highest BCUT2D eigenvalue weighted by Crippen LogP contribution is 2.31. The largest absolute Gasteiger partial charge is 0.494 e. The molecule has 3 aromatic rings. The number of hydrogen-bond acceptors (Lipinski definition) is 5. The summed E-state index contributed by atoms with van der Waals surface area (Å²) in [5, 5.41) is 2.83. The van der Waals surface area contributed by atoms with E-state index in [0.29, 0.717) is 36.9 Å². The Hall–Kier alpha value is -3.36. The van der Waals surface area contributed by atoms with Crippen molar-refractivity contribution in [2.75, 3.05) is 25.0 Å². The molecule has 1 aliphatic heterocycles. The van der Waals surface area contributed by atoms with Gasteiger partial charge in [0, 0.05) is 18.7 Å². The summed E-state index contributed by atoms with van der Waals surface area (Å²) in [4.78, 5) is 13.1. The summed E-state index contributed by atoms with van der Waals surface area (Å²) in [6.45, 7) is 3.51. The maximum Gasteiger partial charge on any atom is 0.255 e. The zero-order valence-corrected chi connectivity index (χ0v) is 19.2. The van der Waals surface area contributed by atoms with Crippen molar-refractivity contribution in [1.82, 2.24) is 4.31 Å². The summed E-state index contributed by atoms with van der Waals surface area (Å²) < 4.78 is 38.6. The Kier molecular flexibility index (Phi) is 6.96. The van der Waals surface area contributed by atoms with Crippen LogP contribution in [-0.4, -0.2) is 38.3 Å². The molecule has 33 heavy (non-hydrogen) atoms. The van der Waals surface area contributed by atoms with E-state index in [9.17, 15) is 13.2 Å². The third-order valence-electron chi connectivity index (χ3n) is 5.30. The van der Waals surface area contributed by atoms with Crippen LogP contribution in [0.15, 0.2) is 77.7 Å². The van der Waals surface area contributed by atoms with Gasteiger partial charge in [0.2, 0.25) is 10.0 Å². The van der Waals surface area contributed by atoms with Gasteiger partial charge in [-0.05, 0) is 74.4 Å². The molecule has 0 spiro atoms. The van der Waals surface area contributed by atoms with Crippen LogP contribution in [0.25, 0.3) is 0 Å². The SMILES string of the molecule is CCOc1ccc(Oc2ccccc2NC(=O)c2cccc(S(=O)(=O)N3CCCC3)c2)cc1. The van der Waals surface area contributed by atoms with E-state index >= 15 is 0 Å². The lowest BCUT2D eigenvalue weighted by Gasteiger charge is -2.16. The van der Waals surface area contributed by atoms with Crippen LogP contribution in [-0.2, 0) is 10.0 Å². The molecule has 3 aromatic carbocycles. The van der Waals surface area contributed by atoms with Crippen molar-refractivity contribution in [3.8, 4) is 17.2 Å². The van der Waals surface area contributed by atoms with Crippen LogP contribution in [0.2, 0.25) is 0 Å². The fourth-order valence-electron chi connectivity index (χ4n) is 3.63. The molecule has 0 bridgehead atoms. The van der Waals surface area contributed by atoms with Gasteiger partial charge < -0.3 is 14.8 Å². The number of sulfonamides is 1. The Morgan fingerprint density at radius 3 is 2.36 bits per heavy atom. The first-order valence-electron chi connectivity index (χ1n) is 10.9. The van der Waals surface area contributed by atoms with Gasteiger partial charge in [-0.2, -0.15) is 4.31 Å². The Morgan fingerprint density at radius 1 is 0.939 bits per heavy atom. The minimum absolute atomic E-state index is 0.121. The first-order chi connectivity index (χ1) is 16.0.